The van der Waals surface area contributed by atoms with Gasteiger partial charge in [0.05, 0.1) is 10.0 Å². The Labute approximate surface area is 127 Å². The second-order valence-electron chi connectivity index (χ2n) is 4.62. The normalized spacial score (nSPS) is 11.1. The fourth-order valence-electron chi connectivity index (χ4n) is 1.97. The van der Waals surface area contributed by atoms with E-state index in [0.717, 1.165) is 16.8 Å². The van der Waals surface area contributed by atoms with E-state index in [1.165, 1.54) is 0 Å². The van der Waals surface area contributed by atoms with E-state index in [1.54, 1.807) is 12.1 Å². The van der Waals surface area contributed by atoms with Crippen LogP contribution in [0.15, 0.2) is 18.2 Å². The Hall–Kier alpha value is -0.830. The van der Waals surface area contributed by atoms with Gasteiger partial charge in [-0.05, 0) is 31.0 Å². The number of halogens is 3. The Morgan fingerprint density at radius 2 is 1.68 bits per heavy atom. The number of hydrogen-bond donors (Lipinski definition) is 0. The predicted octanol–water partition coefficient (Wildman–Crippen LogP) is 5.54. The molecular formula is C14H13Cl3N2. The number of rotatable bonds is 2. The van der Waals surface area contributed by atoms with Gasteiger partial charge in [-0.3, -0.25) is 0 Å². The lowest BCUT2D eigenvalue weighted by molar-refractivity contribution is 0.831. The van der Waals surface area contributed by atoms with Crippen molar-refractivity contribution in [2.75, 3.05) is 0 Å². The molecule has 0 amide bonds. The molecule has 0 aliphatic carbocycles. The third kappa shape index (κ3) is 3.02. The van der Waals surface area contributed by atoms with Crippen molar-refractivity contribution in [1.29, 1.82) is 0 Å². The number of aromatic nitrogens is 2. The molecule has 1 aromatic heterocycles. The van der Waals surface area contributed by atoms with Gasteiger partial charge in [0.2, 0.25) is 0 Å². The molecule has 0 N–H and O–H groups in total. The highest BCUT2D eigenvalue weighted by Crippen LogP contribution is 2.30. The maximum atomic E-state index is 6.24. The molecule has 0 radical (unpaired) electrons. The third-order valence-corrected chi connectivity index (χ3v) is 3.87. The zero-order chi connectivity index (χ0) is 14.2. The minimum atomic E-state index is 0.287. The summed E-state index contributed by atoms with van der Waals surface area (Å²) in [5, 5.41) is 1.47. The zero-order valence-electron chi connectivity index (χ0n) is 10.8. The van der Waals surface area contributed by atoms with E-state index in [9.17, 15) is 0 Å². The van der Waals surface area contributed by atoms with Crippen molar-refractivity contribution in [3.63, 3.8) is 0 Å². The van der Waals surface area contributed by atoms with E-state index in [-0.39, 0.29) is 5.92 Å². The van der Waals surface area contributed by atoms with Crippen LogP contribution >= 0.6 is 34.8 Å². The van der Waals surface area contributed by atoms with Gasteiger partial charge in [-0.2, -0.15) is 0 Å². The molecule has 100 valence electrons. The molecule has 0 fully saturated rings. The quantitative estimate of drug-likeness (QED) is 0.680. The maximum Gasteiger partial charge on any atom is 0.161 e. The van der Waals surface area contributed by atoms with Crippen molar-refractivity contribution in [1.82, 2.24) is 9.97 Å². The lowest BCUT2D eigenvalue weighted by Crippen LogP contribution is -2.01. The summed E-state index contributed by atoms with van der Waals surface area (Å²) in [6.45, 7) is 6.07. The maximum absolute atomic E-state index is 6.24. The van der Waals surface area contributed by atoms with E-state index in [2.05, 4.69) is 23.8 Å². The van der Waals surface area contributed by atoms with Crippen LogP contribution in [0.3, 0.4) is 0 Å². The first-order chi connectivity index (χ1) is 8.90. The highest BCUT2D eigenvalue weighted by molar-refractivity contribution is 6.42. The van der Waals surface area contributed by atoms with Crippen LogP contribution in [-0.2, 0) is 0 Å². The molecule has 1 aromatic carbocycles. The first-order valence-electron chi connectivity index (χ1n) is 5.89. The molecule has 0 unspecified atom stereocenters. The summed E-state index contributed by atoms with van der Waals surface area (Å²) in [4.78, 5) is 8.85. The van der Waals surface area contributed by atoms with Gasteiger partial charge in [0.15, 0.2) is 5.82 Å². The van der Waals surface area contributed by atoms with Gasteiger partial charge in [-0.25, -0.2) is 9.97 Å². The smallest absolute Gasteiger partial charge is 0.161 e. The standard InChI is InChI=1S/C14H13Cl3N2/c1-7(2)12-8(3)18-14(19-13(12)17)9-4-5-10(15)11(16)6-9/h4-7H,1-3H3. The molecule has 0 aliphatic rings. The van der Waals surface area contributed by atoms with Crippen LogP contribution in [0.5, 0.6) is 0 Å². The molecule has 0 saturated heterocycles. The van der Waals surface area contributed by atoms with Gasteiger partial charge >= 0.3 is 0 Å². The summed E-state index contributed by atoms with van der Waals surface area (Å²) in [5.41, 5.74) is 2.66. The monoisotopic (exact) mass is 314 g/mol. The minimum absolute atomic E-state index is 0.287. The van der Waals surface area contributed by atoms with E-state index >= 15 is 0 Å². The van der Waals surface area contributed by atoms with Crippen LogP contribution in [-0.4, -0.2) is 9.97 Å². The lowest BCUT2D eigenvalue weighted by atomic mass is 10.0. The van der Waals surface area contributed by atoms with Gasteiger partial charge in [0.25, 0.3) is 0 Å². The first kappa shape index (κ1) is 14.6. The van der Waals surface area contributed by atoms with E-state index in [1.807, 2.05) is 13.0 Å². The molecule has 0 saturated carbocycles. The van der Waals surface area contributed by atoms with Crippen molar-refractivity contribution in [3.05, 3.63) is 44.7 Å². The number of benzene rings is 1. The number of aryl methyl sites for hydroxylation is 1. The lowest BCUT2D eigenvalue weighted by Gasteiger charge is -2.12. The summed E-state index contributed by atoms with van der Waals surface area (Å²) >= 11 is 18.1. The fraction of sp³-hybridized carbons (Fsp3) is 0.286. The Balaban J connectivity index is 2.55. The molecule has 2 nitrogen and oxygen atoms in total. The van der Waals surface area contributed by atoms with Crippen molar-refractivity contribution >= 4 is 34.8 Å². The summed E-state index contributed by atoms with van der Waals surface area (Å²) < 4.78 is 0. The largest absolute Gasteiger partial charge is 0.233 e. The Kier molecular flexibility index (Phi) is 4.34. The molecule has 0 bridgehead atoms. The van der Waals surface area contributed by atoms with Gasteiger partial charge in [0.1, 0.15) is 5.15 Å². The average molecular weight is 316 g/mol. The van der Waals surface area contributed by atoms with Crippen LogP contribution in [0.1, 0.15) is 31.0 Å². The Morgan fingerprint density at radius 1 is 1.00 bits per heavy atom. The van der Waals surface area contributed by atoms with Crippen molar-refractivity contribution in [2.24, 2.45) is 0 Å². The Bertz CT molecular complexity index is 601. The molecule has 5 heteroatoms. The molecule has 2 aromatic rings. The highest BCUT2D eigenvalue weighted by atomic mass is 35.5. The average Bonchev–Trinajstić information content (AvgIpc) is 2.31. The van der Waals surface area contributed by atoms with Crippen LogP contribution < -0.4 is 0 Å². The van der Waals surface area contributed by atoms with E-state index < -0.39 is 0 Å². The minimum Gasteiger partial charge on any atom is -0.233 e. The SMILES string of the molecule is Cc1nc(-c2ccc(Cl)c(Cl)c2)nc(Cl)c1C(C)C. The molecule has 0 aliphatic heterocycles. The van der Waals surface area contributed by atoms with Crippen molar-refractivity contribution in [2.45, 2.75) is 26.7 Å². The second-order valence-corrected chi connectivity index (χ2v) is 5.79. The topological polar surface area (TPSA) is 25.8 Å². The molecule has 0 atom stereocenters. The number of nitrogens with zero attached hydrogens (tertiary/aromatic N) is 2. The van der Waals surface area contributed by atoms with Gasteiger partial charge in [0, 0.05) is 16.8 Å². The predicted molar refractivity (Wildman–Crippen MR) is 81.3 cm³/mol. The Morgan fingerprint density at radius 3 is 2.21 bits per heavy atom. The van der Waals surface area contributed by atoms with E-state index in [4.69, 9.17) is 34.8 Å². The highest BCUT2D eigenvalue weighted by Gasteiger charge is 2.14. The molecule has 19 heavy (non-hydrogen) atoms. The summed E-state index contributed by atoms with van der Waals surface area (Å²) in [6.07, 6.45) is 0. The van der Waals surface area contributed by atoms with Gasteiger partial charge < -0.3 is 0 Å². The summed E-state index contributed by atoms with van der Waals surface area (Å²) in [6, 6.07) is 5.29. The second kappa shape index (κ2) is 5.66. The van der Waals surface area contributed by atoms with E-state index in [0.29, 0.717) is 21.0 Å². The fourth-order valence-corrected chi connectivity index (χ4v) is 2.70. The third-order valence-electron chi connectivity index (χ3n) is 2.84. The van der Waals surface area contributed by atoms with Crippen LogP contribution in [0, 0.1) is 6.92 Å². The van der Waals surface area contributed by atoms with Crippen LogP contribution in [0.2, 0.25) is 15.2 Å². The van der Waals surface area contributed by atoms with Gasteiger partial charge in [-0.1, -0.05) is 48.7 Å². The van der Waals surface area contributed by atoms with Crippen molar-refractivity contribution < 1.29 is 0 Å². The van der Waals surface area contributed by atoms with Crippen LogP contribution in [0.25, 0.3) is 11.4 Å². The summed E-state index contributed by atoms with van der Waals surface area (Å²) in [7, 11) is 0. The van der Waals surface area contributed by atoms with Gasteiger partial charge in [-0.15, -0.1) is 0 Å². The molecule has 0 spiro atoms. The molecule has 1 heterocycles. The molecular weight excluding hydrogens is 303 g/mol. The first-order valence-corrected chi connectivity index (χ1v) is 7.03. The van der Waals surface area contributed by atoms with Crippen molar-refractivity contribution in [3.8, 4) is 11.4 Å². The zero-order valence-corrected chi connectivity index (χ0v) is 13.1. The number of hydrogen-bond acceptors (Lipinski definition) is 2. The van der Waals surface area contributed by atoms with Crippen LogP contribution in [0.4, 0.5) is 0 Å². The molecule has 2 rings (SSSR count). The summed E-state index contributed by atoms with van der Waals surface area (Å²) in [5.74, 6) is 0.848.